The first kappa shape index (κ1) is 23.6. The normalized spacial score (nSPS) is 14.4. The van der Waals surface area contributed by atoms with Crippen LogP contribution >= 0.6 is 0 Å². The molecule has 0 aromatic heterocycles. The molecule has 0 radical (unpaired) electrons. The molecule has 0 unspecified atom stereocenters. The molecule has 1 aliphatic heterocycles. The Morgan fingerprint density at radius 3 is 2.32 bits per heavy atom. The SMILES string of the molecule is Cc1ccc(/C(=C/COc2ccc(O)c(C)c2)c2ccc(C#CCN3CCOCC3)cc2)cc1. The average molecular weight is 454 g/mol. The smallest absolute Gasteiger partial charge is 0.120 e. The van der Waals surface area contributed by atoms with Crippen molar-refractivity contribution in [3.8, 4) is 23.3 Å². The molecule has 4 rings (SSSR count). The summed E-state index contributed by atoms with van der Waals surface area (Å²) in [6.45, 7) is 8.63. The number of phenolic OH excluding ortho intramolecular Hbond substituents is 1. The third kappa shape index (κ3) is 6.51. The Morgan fingerprint density at radius 2 is 1.65 bits per heavy atom. The van der Waals surface area contributed by atoms with E-state index in [1.165, 1.54) is 5.56 Å². The highest BCUT2D eigenvalue weighted by atomic mass is 16.5. The van der Waals surface area contributed by atoms with Crippen LogP contribution in [0.2, 0.25) is 0 Å². The number of benzene rings is 3. The van der Waals surface area contributed by atoms with Crippen molar-refractivity contribution in [1.82, 2.24) is 4.90 Å². The van der Waals surface area contributed by atoms with E-state index >= 15 is 0 Å². The molecule has 0 amide bonds. The van der Waals surface area contributed by atoms with Gasteiger partial charge in [0.15, 0.2) is 0 Å². The van der Waals surface area contributed by atoms with Crippen LogP contribution in [0.3, 0.4) is 0 Å². The fraction of sp³-hybridized carbons (Fsp3) is 0.267. The number of phenols is 1. The maximum atomic E-state index is 9.74. The van der Waals surface area contributed by atoms with Crippen molar-refractivity contribution >= 4 is 5.57 Å². The number of hydrogen-bond acceptors (Lipinski definition) is 4. The zero-order chi connectivity index (χ0) is 23.8. The Morgan fingerprint density at radius 1 is 0.971 bits per heavy atom. The number of nitrogens with zero attached hydrogens (tertiary/aromatic N) is 1. The molecule has 3 aromatic carbocycles. The molecule has 4 heteroatoms. The van der Waals surface area contributed by atoms with Gasteiger partial charge < -0.3 is 14.6 Å². The van der Waals surface area contributed by atoms with E-state index in [2.05, 4.69) is 78.3 Å². The Balaban J connectivity index is 1.49. The molecular formula is C30H31NO3. The maximum Gasteiger partial charge on any atom is 0.120 e. The molecule has 1 saturated heterocycles. The second-order valence-corrected chi connectivity index (χ2v) is 8.51. The zero-order valence-corrected chi connectivity index (χ0v) is 19.9. The molecule has 1 aliphatic rings. The minimum absolute atomic E-state index is 0.274. The van der Waals surface area contributed by atoms with E-state index < -0.39 is 0 Å². The second kappa shape index (κ2) is 11.6. The van der Waals surface area contributed by atoms with Crippen LogP contribution in [0.4, 0.5) is 0 Å². The summed E-state index contributed by atoms with van der Waals surface area (Å²) >= 11 is 0. The molecule has 4 nitrogen and oxygen atoms in total. The van der Waals surface area contributed by atoms with Crippen LogP contribution in [0, 0.1) is 25.7 Å². The lowest BCUT2D eigenvalue weighted by Gasteiger charge is -2.24. The Labute approximate surface area is 202 Å². The third-order valence-electron chi connectivity index (χ3n) is 5.90. The van der Waals surface area contributed by atoms with E-state index in [1.807, 2.05) is 13.0 Å². The van der Waals surface area contributed by atoms with Gasteiger partial charge in [0.25, 0.3) is 0 Å². The fourth-order valence-corrected chi connectivity index (χ4v) is 3.82. The summed E-state index contributed by atoms with van der Waals surface area (Å²) in [5, 5.41) is 9.74. The van der Waals surface area contributed by atoms with Gasteiger partial charge in [-0.15, -0.1) is 0 Å². The summed E-state index contributed by atoms with van der Waals surface area (Å²) in [5.41, 5.74) is 6.41. The van der Waals surface area contributed by atoms with Crippen LogP contribution in [0.15, 0.2) is 72.8 Å². The van der Waals surface area contributed by atoms with Gasteiger partial charge in [0.1, 0.15) is 18.1 Å². The molecule has 0 atom stereocenters. The Hall–Kier alpha value is -3.52. The summed E-state index contributed by atoms with van der Waals surface area (Å²) in [5.74, 6) is 7.58. The lowest BCUT2D eigenvalue weighted by atomic mass is 9.96. The first-order valence-corrected chi connectivity index (χ1v) is 11.7. The standard InChI is InChI=1S/C30H31NO3/c1-23-5-9-26(10-6-23)29(15-19-34-28-13-14-30(32)24(2)22-28)27-11-7-25(8-12-27)4-3-16-31-17-20-33-21-18-31/h5-15,22,32H,16-21H2,1-2H3/b29-15-. The maximum absolute atomic E-state index is 9.74. The van der Waals surface area contributed by atoms with Gasteiger partial charge in [-0.25, -0.2) is 0 Å². The fourth-order valence-electron chi connectivity index (χ4n) is 3.82. The van der Waals surface area contributed by atoms with E-state index in [9.17, 15) is 5.11 Å². The van der Waals surface area contributed by atoms with Crippen LogP contribution in [0.25, 0.3) is 5.57 Å². The molecule has 174 valence electrons. The molecule has 0 saturated carbocycles. The van der Waals surface area contributed by atoms with E-state index in [4.69, 9.17) is 9.47 Å². The van der Waals surface area contributed by atoms with Gasteiger partial charge in [-0.1, -0.05) is 53.8 Å². The molecule has 1 heterocycles. The van der Waals surface area contributed by atoms with Crippen molar-refractivity contribution in [2.24, 2.45) is 0 Å². The van der Waals surface area contributed by atoms with Crippen molar-refractivity contribution in [2.45, 2.75) is 13.8 Å². The minimum Gasteiger partial charge on any atom is -0.508 e. The molecule has 0 aliphatic carbocycles. The summed E-state index contributed by atoms with van der Waals surface area (Å²) in [4.78, 5) is 2.32. The predicted octanol–water partition coefficient (Wildman–Crippen LogP) is 5.20. The van der Waals surface area contributed by atoms with Crippen LogP contribution < -0.4 is 4.74 Å². The summed E-state index contributed by atoms with van der Waals surface area (Å²) < 4.78 is 11.3. The van der Waals surface area contributed by atoms with Gasteiger partial charge in [-0.3, -0.25) is 4.90 Å². The van der Waals surface area contributed by atoms with Gasteiger partial charge >= 0.3 is 0 Å². The van der Waals surface area contributed by atoms with Crippen molar-refractivity contribution in [3.05, 3.63) is 101 Å². The summed E-state index contributed by atoms with van der Waals surface area (Å²) in [6.07, 6.45) is 2.10. The highest BCUT2D eigenvalue weighted by Crippen LogP contribution is 2.25. The summed E-state index contributed by atoms with van der Waals surface area (Å²) in [7, 11) is 0. The minimum atomic E-state index is 0.274. The molecular weight excluding hydrogens is 422 g/mol. The molecule has 1 fully saturated rings. The van der Waals surface area contributed by atoms with Crippen molar-refractivity contribution in [2.75, 3.05) is 39.5 Å². The quantitative estimate of drug-likeness (QED) is 0.521. The lowest BCUT2D eigenvalue weighted by Crippen LogP contribution is -2.36. The van der Waals surface area contributed by atoms with Crippen molar-refractivity contribution in [3.63, 3.8) is 0 Å². The number of morpholine rings is 1. The first-order valence-electron chi connectivity index (χ1n) is 11.7. The predicted molar refractivity (Wildman–Crippen MR) is 137 cm³/mol. The van der Waals surface area contributed by atoms with Crippen LogP contribution in [-0.4, -0.2) is 49.5 Å². The molecule has 0 bridgehead atoms. The summed E-state index contributed by atoms with van der Waals surface area (Å²) in [6, 6.07) is 22.2. The van der Waals surface area contributed by atoms with Crippen molar-refractivity contribution in [1.29, 1.82) is 0 Å². The zero-order valence-electron chi connectivity index (χ0n) is 19.9. The van der Waals surface area contributed by atoms with E-state index in [1.54, 1.807) is 12.1 Å². The number of hydrogen-bond donors (Lipinski definition) is 1. The van der Waals surface area contributed by atoms with Gasteiger partial charge in [-0.2, -0.15) is 0 Å². The molecule has 0 spiro atoms. The van der Waals surface area contributed by atoms with Gasteiger partial charge in [-0.05, 0) is 72.5 Å². The number of rotatable bonds is 6. The highest BCUT2D eigenvalue weighted by Gasteiger charge is 2.08. The molecule has 3 aromatic rings. The van der Waals surface area contributed by atoms with Gasteiger partial charge in [0.2, 0.25) is 0 Å². The van der Waals surface area contributed by atoms with Crippen LogP contribution in [0.1, 0.15) is 27.8 Å². The Kier molecular flexibility index (Phi) is 8.04. The highest BCUT2D eigenvalue weighted by molar-refractivity contribution is 5.80. The monoisotopic (exact) mass is 453 g/mol. The topological polar surface area (TPSA) is 41.9 Å². The van der Waals surface area contributed by atoms with E-state index in [0.29, 0.717) is 6.61 Å². The molecule has 34 heavy (non-hydrogen) atoms. The van der Waals surface area contributed by atoms with E-state index in [0.717, 1.165) is 66.4 Å². The first-order chi connectivity index (χ1) is 16.6. The second-order valence-electron chi connectivity index (χ2n) is 8.51. The van der Waals surface area contributed by atoms with Crippen LogP contribution in [0.5, 0.6) is 11.5 Å². The Bertz CT molecular complexity index is 1180. The molecule has 1 N–H and O–H groups in total. The lowest BCUT2D eigenvalue weighted by molar-refractivity contribution is 0.0443. The van der Waals surface area contributed by atoms with Gasteiger partial charge in [0, 0.05) is 18.7 Å². The average Bonchev–Trinajstić information content (AvgIpc) is 2.86. The van der Waals surface area contributed by atoms with Gasteiger partial charge in [0.05, 0.1) is 19.8 Å². The number of aromatic hydroxyl groups is 1. The van der Waals surface area contributed by atoms with Crippen LogP contribution in [-0.2, 0) is 4.74 Å². The van der Waals surface area contributed by atoms with Crippen molar-refractivity contribution < 1.29 is 14.6 Å². The number of aryl methyl sites for hydroxylation is 2. The van der Waals surface area contributed by atoms with E-state index in [-0.39, 0.29) is 5.75 Å². The largest absolute Gasteiger partial charge is 0.508 e. The third-order valence-corrected chi connectivity index (χ3v) is 5.90. The number of ether oxygens (including phenoxy) is 2.